The SMILES string of the molecule is CCOC(=O)C1CCN(C(=O)C(Cc2ccccc2)NS(=O)(=O)c2ccc(OC)c(C)c2)CC1. The average Bonchev–Trinajstić information content (AvgIpc) is 2.84. The number of ether oxygens (including phenoxy) is 2. The molecule has 0 aromatic heterocycles. The molecule has 1 aliphatic rings. The van der Waals surface area contributed by atoms with Gasteiger partial charge in [0.25, 0.3) is 0 Å². The highest BCUT2D eigenvalue weighted by Gasteiger charge is 2.33. The Morgan fingerprint density at radius 3 is 2.38 bits per heavy atom. The molecule has 2 aromatic rings. The standard InChI is InChI=1S/C25H32N2O6S/c1-4-33-25(29)20-12-14-27(15-13-20)24(28)22(17-19-8-6-5-7-9-19)26-34(30,31)21-10-11-23(32-3)18(2)16-21/h5-11,16,20,22,26H,4,12-15,17H2,1-3H3. The summed E-state index contributed by atoms with van der Waals surface area (Å²) in [6.07, 6.45) is 1.20. The molecule has 8 nitrogen and oxygen atoms in total. The minimum atomic E-state index is -3.97. The summed E-state index contributed by atoms with van der Waals surface area (Å²) in [4.78, 5) is 27.2. The van der Waals surface area contributed by atoms with Crippen LogP contribution in [-0.4, -0.2) is 58.0 Å². The van der Waals surface area contributed by atoms with Crippen LogP contribution in [0.3, 0.4) is 0 Å². The van der Waals surface area contributed by atoms with E-state index < -0.39 is 16.1 Å². The van der Waals surface area contributed by atoms with Crippen LogP contribution >= 0.6 is 0 Å². The van der Waals surface area contributed by atoms with Gasteiger partial charge in [-0.15, -0.1) is 0 Å². The van der Waals surface area contributed by atoms with E-state index in [0.29, 0.717) is 43.9 Å². The van der Waals surface area contributed by atoms with E-state index in [4.69, 9.17) is 9.47 Å². The zero-order valence-corrected chi connectivity index (χ0v) is 20.6. The van der Waals surface area contributed by atoms with Crippen LogP contribution in [0.25, 0.3) is 0 Å². The van der Waals surface area contributed by atoms with Crippen LogP contribution in [0.5, 0.6) is 5.75 Å². The molecule has 1 aliphatic heterocycles. The van der Waals surface area contributed by atoms with Gasteiger partial charge in [0.2, 0.25) is 15.9 Å². The molecule has 0 bridgehead atoms. The minimum Gasteiger partial charge on any atom is -0.496 e. The number of aryl methyl sites for hydroxylation is 1. The third kappa shape index (κ3) is 6.36. The number of sulfonamides is 1. The predicted molar refractivity (Wildman–Crippen MR) is 128 cm³/mol. The Kier molecular flexibility index (Phi) is 8.68. The summed E-state index contributed by atoms with van der Waals surface area (Å²) < 4.78 is 39.3. The Morgan fingerprint density at radius 1 is 1.12 bits per heavy atom. The number of carbonyl (C=O) groups is 2. The fraction of sp³-hybridized carbons (Fsp3) is 0.440. The predicted octanol–water partition coefficient (Wildman–Crippen LogP) is 2.69. The first-order chi connectivity index (χ1) is 16.2. The highest BCUT2D eigenvalue weighted by Crippen LogP contribution is 2.23. The third-order valence-electron chi connectivity index (χ3n) is 5.98. The normalized spacial score (nSPS) is 15.6. The lowest BCUT2D eigenvalue weighted by Crippen LogP contribution is -2.52. The van der Waals surface area contributed by atoms with E-state index in [1.807, 2.05) is 30.3 Å². The smallest absolute Gasteiger partial charge is 0.309 e. The van der Waals surface area contributed by atoms with Crippen molar-refractivity contribution in [2.45, 2.75) is 44.0 Å². The molecule has 1 saturated heterocycles. The van der Waals surface area contributed by atoms with E-state index in [-0.39, 0.29) is 29.1 Å². The van der Waals surface area contributed by atoms with Gasteiger partial charge in [-0.25, -0.2) is 8.42 Å². The number of methoxy groups -OCH3 is 1. The molecule has 1 N–H and O–H groups in total. The van der Waals surface area contributed by atoms with Crippen molar-refractivity contribution < 1.29 is 27.5 Å². The quantitative estimate of drug-likeness (QED) is 0.545. The molecule has 0 radical (unpaired) electrons. The fourth-order valence-electron chi connectivity index (χ4n) is 4.12. The van der Waals surface area contributed by atoms with Crippen LogP contribution in [-0.2, 0) is 30.8 Å². The van der Waals surface area contributed by atoms with E-state index in [0.717, 1.165) is 5.56 Å². The number of benzene rings is 2. The number of likely N-dealkylation sites (tertiary alicyclic amines) is 1. The number of piperidine rings is 1. The van der Waals surface area contributed by atoms with Crippen LogP contribution in [0.2, 0.25) is 0 Å². The molecule has 2 aromatic carbocycles. The Balaban J connectivity index is 1.79. The van der Waals surface area contributed by atoms with Gasteiger partial charge in [-0.1, -0.05) is 30.3 Å². The molecule has 1 amide bonds. The number of nitrogens with one attached hydrogen (secondary N) is 1. The van der Waals surface area contributed by atoms with E-state index in [2.05, 4.69) is 4.72 Å². The van der Waals surface area contributed by atoms with Gasteiger partial charge in [0.15, 0.2) is 0 Å². The summed E-state index contributed by atoms with van der Waals surface area (Å²) in [5.74, 6) is -0.207. The van der Waals surface area contributed by atoms with Crippen LogP contribution in [0.15, 0.2) is 53.4 Å². The summed E-state index contributed by atoms with van der Waals surface area (Å²) in [6.45, 7) is 4.59. The fourth-order valence-corrected chi connectivity index (χ4v) is 5.39. The molecule has 0 spiro atoms. The second kappa shape index (κ2) is 11.5. The van der Waals surface area contributed by atoms with Crippen molar-refractivity contribution in [2.75, 3.05) is 26.8 Å². The third-order valence-corrected chi connectivity index (χ3v) is 7.45. The first kappa shape index (κ1) is 25.7. The van der Waals surface area contributed by atoms with Gasteiger partial charge in [0.05, 0.1) is 24.5 Å². The van der Waals surface area contributed by atoms with Gasteiger partial charge in [-0.05, 0) is 62.4 Å². The molecule has 3 rings (SSSR count). The molecule has 1 atom stereocenters. The van der Waals surface area contributed by atoms with Crippen LogP contribution < -0.4 is 9.46 Å². The Bertz CT molecular complexity index is 1100. The number of carbonyl (C=O) groups excluding carboxylic acids is 2. The maximum Gasteiger partial charge on any atom is 0.309 e. The molecular formula is C25H32N2O6S. The topological polar surface area (TPSA) is 102 Å². The molecule has 184 valence electrons. The molecule has 0 aliphatic carbocycles. The van der Waals surface area contributed by atoms with Gasteiger partial charge >= 0.3 is 5.97 Å². The van der Waals surface area contributed by atoms with E-state index in [1.54, 1.807) is 24.8 Å². The molecule has 1 fully saturated rings. The molecule has 0 saturated carbocycles. The number of esters is 1. The minimum absolute atomic E-state index is 0.0673. The van der Waals surface area contributed by atoms with E-state index in [1.165, 1.54) is 19.2 Å². The summed E-state index contributed by atoms with van der Waals surface area (Å²) in [5, 5.41) is 0. The average molecular weight is 489 g/mol. The van der Waals surface area contributed by atoms with Crippen molar-refractivity contribution in [3.8, 4) is 5.75 Å². The van der Waals surface area contributed by atoms with E-state index >= 15 is 0 Å². The van der Waals surface area contributed by atoms with Gasteiger partial charge in [-0.2, -0.15) is 4.72 Å². The summed E-state index contributed by atoms with van der Waals surface area (Å²) in [5.41, 5.74) is 1.52. The Hall–Kier alpha value is -2.91. The van der Waals surface area contributed by atoms with Gasteiger partial charge in [-0.3, -0.25) is 9.59 Å². The molecule has 1 unspecified atom stereocenters. The molecule has 9 heteroatoms. The van der Waals surface area contributed by atoms with Crippen molar-refractivity contribution >= 4 is 21.9 Å². The Labute approximate surface area is 201 Å². The lowest BCUT2D eigenvalue weighted by molar-refractivity contribution is -0.151. The number of amides is 1. The van der Waals surface area contributed by atoms with Gasteiger partial charge in [0.1, 0.15) is 11.8 Å². The van der Waals surface area contributed by atoms with Crippen molar-refractivity contribution in [2.24, 2.45) is 5.92 Å². The van der Waals surface area contributed by atoms with Crippen molar-refractivity contribution in [3.63, 3.8) is 0 Å². The summed E-state index contributed by atoms with van der Waals surface area (Å²) >= 11 is 0. The van der Waals surface area contributed by atoms with Crippen LogP contribution in [0.4, 0.5) is 0 Å². The van der Waals surface area contributed by atoms with Crippen LogP contribution in [0.1, 0.15) is 30.9 Å². The highest BCUT2D eigenvalue weighted by atomic mass is 32.2. The summed E-state index contributed by atoms with van der Waals surface area (Å²) in [7, 11) is -2.45. The van der Waals surface area contributed by atoms with Gasteiger partial charge in [0, 0.05) is 13.1 Å². The first-order valence-electron chi connectivity index (χ1n) is 11.4. The maximum atomic E-state index is 13.4. The first-order valence-corrected chi connectivity index (χ1v) is 12.9. The van der Waals surface area contributed by atoms with Gasteiger partial charge < -0.3 is 14.4 Å². The van der Waals surface area contributed by atoms with Crippen LogP contribution in [0, 0.1) is 12.8 Å². The number of hydrogen-bond acceptors (Lipinski definition) is 6. The molecular weight excluding hydrogens is 456 g/mol. The molecule has 1 heterocycles. The Morgan fingerprint density at radius 2 is 1.79 bits per heavy atom. The number of rotatable bonds is 9. The second-order valence-corrected chi connectivity index (χ2v) is 10.1. The highest BCUT2D eigenvalue weighted by molar-refractivity contribution is 7.89. The lowest BCUT2D eigenvalue weighted by atomic mass is 9.96. The number of hydrogen-bond donors (Lipinski definition) is 1. The monoisotopic (exact) mass is 488 g/mol. The van der Waals surface area contributed by atoms with E-state index in [9.17, 15) is 18.0 Å². The molecule has 34 heavy (non-hydrogen) atoms. The van der Waals surface area contributed by atoms with Crippen molar-refractivity contribution in [1.82, 2.24) is 9.62 Å². The second-order valence-electron chi connectivity index (χ2n) is 8.35. The largest absolute Gasteiger partial charge is 0.496 e. The van der Waals surface area contributed by atoms with Crippen molar-refractivity contribution in [3.05, 3.63) is 59.7 Å². The zero-order chi connectivity index (χ0) is 24.7. The lowest BCUT2D eigenvalue weighted by Gasteiger charge is -2.33. The zero-order valence-electron chi connectivity index (χ0n) is 19.8. The summed E-state index contributed by atoms with van der Waals surface area (Å²) in [6, 6.07) is 12.9. The van der Waals surface area contributed by atoms with Crippen molar-refractivity contribution in [1.29, 1.82) is 0 Å². The maximum absolute atomic E-state index is 13.4. The number of nitrogens with zero attached hydrogens (tertiary/aromatic N) is 1.